The minimum absolute atomic E-state index is 0.633. The third kappa shape index (κ3) is 6.95. The Balaban J connectivity index is 1.04. The molecule has 0 unspecified atom stereocenters. The standard InChI is InChI=1S/C54H36N4/c1-5-15-37(16-6-1)46-35-49(40-18-7-2-8-19-40)55-50(36-46)41-27-29-42(30-28-41)51-47-24-14-13-17-38(47)33-34-48(51)39-25-31-45(32-26-39)54-57-52(43-20-9-3-10-21-43)56-53(58-54)44-22-11-4-12-23-44/h1-36H. The SMILES string of the molecule is c1ccc(-c2cc(-c3ccccc3)nc(-c3ccc(-c4c(-c5ccc(-c6nc(-c7ccccc7)nc(-c7ccccc7)n6)cc5)ccc5ccccc45)cc3)c2)cc1. The van der Waals surface area contributed by atoms with Crippen molar-refractivity contribution in [2.24, 2.45) is 0 Å². The maximum Gasteiger partial charge on any atom is 0.164 e. The molecule has 0 atom stereocenters. The van der Waals surface area contributed by atoms with E-state index in [0.717, 1.165) is 67.0 Å². The van der Waals surface area contributed by atoms with Gasteiger partial charge in [0.25, 0.3) is 0 Å². The van der Waals surface area contributed by atoms with Crippen LogP contribution in [0, 0.1) is 0 Å². The molecular weight excluding hydrogens is 705 g/mol. The Morgan fingerprint density at radius 1 is 0.241 bits per heavy atom. The molecule has 0 bridgehead atoms. The highest BCUT2D eigenvalue weighted by molar-refractivity contribution is 6.04. The summed E-state index contributed by atoms with van der Waals surface area (Å²) in [7, 11) is 0. The van der Waals surface area contributed by atoms with E-state index in [1.54, 1.807) is 0 Å². The van der Waals surface area contributed by atoms with E-state index < -0.39 is 0 Å². The number of benzene rings is 8. The topological polar surface area (TPSA) is 51.6 Å². The fourth-order valence-corrected chi connectivity index (χ4v) is 7.60. The third-order valence-corrected chi connectivity index (χ3v) is 10.6. The van der Waals surface area contributed by atoms with Crippen molar-refractivity contribution in [2.45, 2.75) is 0 Å². The first-order valence-electron chi connectivity index (χ1n) is 19.5. The largest absolute Gasteiger partial charge is 0.248 e. The molecule has 58 heavy (non-hydrogen) atoms. The van der Waals surface area contributed by atoms with E-state index in [1.807, 2.05) is 66.7 Å². The summed E-state index contributed by atoms with van der Waals surface area (Å²) in [5.74, 6) is 1.92. The predicted octanol–water partition coefficient (Wildman–Crippen LogP) is 13.8. The third-order valence-electron chi connectivity index (χ3n) is 10.6. The van der Waals surface area contributed by atoms with Crippen molar-refractivity contribution in [3.63, 3.8) is 0 Å². The molecule has 0 radical (unpaired) electrons. The Kier molecular flexibility index (Phi) is 9.18. The highest BCUT2D eigenvalue weighted by atomic mass is 15.0. The van der Waals surface area contributed by atoms with Crippen LogP contribution in [0.15, 0.2) is 218 Å². The van der Waals surface area contributed by atoms with Gasteiger partial charge in [-0.2, -0.15) is 0 Å². The number of hydrogen-bond acceptors (Lipinski definition) is 4. The summed E-state index contributed by atoms with van der Waals surface area (Å²) in [6.45, 7) is 0. The zero-order chi connectivity index (χ0) is 38.7. The second-order valence-electron chi connectivity index (χ2n) is 14.3. The molecular formula is C54H36N4. The normalized spacial score (nSPS) is 11.1. The molecule has 0 aliphatic rings. The first-order chi connectivity index (χ1) is 28.7. The first kappa shape index (κ1) is 34.7. The van der Waals surface area contributed by atoms with E-state index in [-0.39, 0.29) is 0 Å². The van der Waals surface area contributed by atoms with Gasteiger partial charge in [-0.25, -0.2) is 19.9 Å². The molecule has 0 amide bonds. The number of hydrogen-bond donors (Lipinski definition) is 0. The number of nitrogens with zero attached hydrogens (tertiary/aromatic N) is 4. The first-order valence-corrected chi connectivity index (χ1v) is 19.5. The lowest BCUT2D eigenvalue weighted by atomic mass is 9.89. The van der Waals surface area contributed by atoms with Crippen molar-refractivity contribution >= 4 is 10.8 Å². The zero-order valence-corrected chi connectivity index (χ0v) is 31.6. The molecule has 0 aliphatic carbocycles. The van der Waals surface area contributed by atoms with E-state index >= 15 is 0 Å². The van der Waals surface area contributed by atoms with E-state index in [2.05, 4.69) is 152 Å². The molecule has 272 valence electrons. The van der Waals surface area contributed by atoms with E-state index in [0.29, 0.717) is 17.5 Å². The van der Waals surface area contributed by atoms with Crippen molar-refractivity contribution in [2.75, 3.05) is 0 Å². The molecule has 2 aromatic heterocycles. The molecule has 0 fully saturated rings. The Morgan fingerprint density at radius 2 is 0.638 bits per heavy atom. The van der Waals surface area contributed by atoms with Gasteiger partial charge in [-0.1, -0.05) is 206 Å². The predicted molar refractivity (Wildman–Crippen MR) is 239 cm³/mol. The van der Waals surface area contributed by atoms with Crippen molar-refractivity contribution in [1.82, 2.24) is 19.9 Å². The molecule has 4 heteroatoms. The van der Waals surface area contributed by atoms with Gasteiger partial charge in [0.1, 0.15) is 0 Å². The fourth-order valence-electron chi connectivity index (χ4n) is 7.60. The second kappa shape index (κ2) is 15.4. The maximum absolute atomic E-state index is 5.18. The average Bonchev–Trinajstić information content (AvgIpc) is 3.32. The van der Waals surface area contributed by atoms with Gasteiger partial charge < -0.3 is 0 Å². The summed E-state index contributed by atoms with van der Waals surface area (Å²) >= 11 is 0. The minimum atomic E-state index is 0.633. The van der Waals surface area contributed by atoms with Crippen LogP contribution < -0.4 is 0 Å². The van der Waals surface area contributed by atoms with Gasteiger partial charge in [0.15, 0.2) is 17.5 Å². The van der Waals surface area contributed by atoms with Gasteiger partial charge in [0, 0.05) is 27.8 Å². The quantitative estimate of drug-likeness (QED) is 0.156. The lowest BCUT2D eigenvalue weighted by Crippen LogP contribution is -2.00. The Hall–Kier alpha value is -7.82. The fraction of sp³-hybridized carbons (Fsp3) is 0. The summed E-state index contributed by atoms with van der Waals surface area (Å²) in [4.78, 5) is 20.0. The van der Waals surface area contributed by atoms with Crippen LogP contribution in [0.5, 0.6) is 0 Å². The van der Waals surface area contributed by atoms with Crippen LogP contribution >= 0.6 is 0 Å². The molecule has 0 saturated carbocycles. The highest BCUT2D eigenvalue weighted by Crippen LogP contribution is 2.40. The smallest absolute Gasteiger partial charge is 0.164 e. The summed E-state index contributed by atoms with van der Waals surface area (Å²) in [5.41, 5.74) is 13.7. The number of fused-ring (bicyclic) bond motifs is 1. The van der Waals surface area contributed by atoms with Gasteiger partial charge in [0.2, 0.25) is 0 Å². The van der Waals surface area contributed by atoms with E-state index in [9.17, 15) is 0 Å². The lowest BCUT2D eigenvalue weighted by Gasteiger charge is -2.16. The second-order valence-corrected chi connectivity index (χ2v) is 14.3. The Bertz CT molecular complexity index is 2890. The molecule has 2 heterocycles. The minimum Gasteiger partial charge on any atom is -0.248 e. The number of pyridine rings is 1. The van der Waals surface area contributed by atoms with Crippen molar-refractivity contribution in [3.8, 4) is 90.1 Å². The molecule has 8 aromatic carbocycles. The van der Waals surface area contributed by atoms with Crippen LogP contribution in [-0.4, -0.2) is 19.9 Å². The summed E-state index contributed by atoms with van der Waals surface area (Å²) in [6, 6.07) is 76.0. The van der Waals surface area contributed by atoms with Crippen LogP contribution in [0.25, 0.3) is 101 Å². The van der Waals surface area contributed by atoms with Crippen LogP contribution in [0.4, 0.5) is 0 Å². The summed E-state index contributed by atoms with van der Waals surface area (Å²) in [5, 5.41) is 2.39. The molecule has 0 N–H and O–H groups in total. The average molecular weight is 741 g/mol. The van der Waals surface area contributed by atoms with Crippen LogP contribution in [0.3, 0.4) is 0 Å². The molecule has 10 rings (SSSR count). The number of rotatable bonds is 8. The van der Waals surface area contributed by atoms with Crippen LogP contribution in [0.2, 0.25) is 0 Å². The van der Waals surface area contributed by atoms with Gasteiger partial charge in [-0.05, 0) is 56.3 Å². The maximum atomic E-state index is 5.18. The summed E-state index contributed by atoms with van der Waals surface area (Å²) in [6.07, 6.45) is 0. The van der Waals surface area contributed by atoms with Crippen LogP contribution in [0.1, 0.15) is 0 Å². The highest BCUT2D eigenvalue weighted by Gasteiger charge is 2.16. The summed E-state index contributed by atoms with van der Waals surface area (Å²) < 4.78 is 0. The monoisotopic (exact) mass is 740 g/mol. The molecule has 4 nitrogen and oxygen atoms in total. The molecule has 0 spiro atoms. The van der Waals surface area contributed by atoms with Gasteiger partial charge in [0.05, 0.1) is 11.4 Å². The zero-order valence-electron chi connectivity index (χ0n) is 31.6. The molecule has 10 aromatic rings. The molecule has 0 aliphatic heterocycles. The van der Waals surface area contributed by atoms with Crippen LogP contribution in [-0.2, 0) is 0 Å². The van der Waals surface area contributed by atoms with E-state index in [1.165, 1.54) is 16.3 Å². The van der Waals surface area contributed by atoms with Gasteiger partial charge in [-0.15, -0.1) is 0 Å². The number of aromatic nitrogens is 4. The van der Waals surface area contributed by atoms with Gasteiger partial charge in [-0.3, -0.25) is 0 Å². The van der Waals surface area contributed by atoms with Crippen molar-refractivity contribution < 1.29 is 0 Å². The Labute approximate surface area is 337 Å². The van der Waals surface area contributed by atoms with Crippen molar-refractivity contribution in [1.29, 1.82) is 0 Å². The van der Waals surface area contributed by atoms with E-state index in [4.69, 9.17) is 19.9 Å². The lowest BCUT2D eigenvalue weighted by molar-refractivity contribution is 1.07. The molecule has 0 saturated heterocycles. The van der Waals surface area contributed by atoms with Crippen molar-refractivity contribution in [3.05, 3.63) is 218 Å². The van der Waals surface area contributed by atoms with Gasteiger partial charge >= 0.3 is 0 Å². The Morgan fingerprint density at radius 3 is 1.19 bits per heavy atom.